The van der Waals surface area contributed by atoms with Crippen LogP contribution in [0.4, 0.5) is 0 Å². The second kappa shape index (κ2) is 9.98. The Morgan fingerprint density at radius 1 is 1.20 bits per heavy atom. The van der Waals surface area contributed by atoms with E-state index in [1.54, 1.807) is 6.07 Å². The minimum Gasteiger partial charge on any atom is -0.359 e. The van der Waals surface area contributed by atoms with Gasteiger partial charge in [0.25, 0.3) is 11.8 Å². The summed E-state index contributed by atoms with van der Waals surface area (Å²) in [4.78, 5) is 52.3. The van der Waals surface area contributed by atoms with Gasteiger partial charge < -0.3 is 15.0 Å². The zero-order chi connectivity index (χ0) is 21.7. The molecule has 1 atom stereocenters. The van der Waals surface area contributed by atoms with Crippen molar-refractivity contribution in [3.8, 4) is 0 Å². The predicted molar refractivity (Wildman–Crippen MR) is 113 cm³/mol. The lowest BCUT2D eigenvalue weighted by Crippen LogP contribution is -2.41. The maximum atomic E-state index is 13.0. The highest BCUT2D eigenvalue weighted by atomic mass is 16.2. The van der Waals surface area contributed by atoms with Crippen molar-refractivity contribution in [1.82, 2.24) is 15.1 Å². The molecule has 1 aromatic carbocycles. The van der Waals surface area contributed by atoms with E-state index in [-0.39, 0.29) is 18.7 Å². The highest BCUT2D eigenvalue weighted by Crippen LogP contribution is 2.33. The van der Waals surface area contributed by atoms with Gasteiger partial charge in [0.15, 0.2) is 0 Å². The van der Waals surface area contributed by atoms with Crippen molar-refractivity contribution in [2.24, 2.45) is 0 Å². The van der Waals surface area contributed by atoms with Gasteiger partial charge in [0.1, 0.15) is 6.29 Å². The normalized spacial score (nSPS) is 18.4. The van der Waals surface area contributed by atoms with Crippen molar-refractivity contribution in [2.75, 3.05) is 26.7 Å². The lowest BCUT2D eigenvalue weighted by Gasteiger charge is -2.32. The van der Waals surface area contributed by atoms with Crippen molar-refractivity contribution >= 4 is 24.0 Å². The first-order valence-electron chi connectivity index (χ1n) is 10.9. The Hall–Kier alpha value is -2.54. The summed E-state index contributed by atoms with van der Waals surface area (Å²) in [5, 5.41) is 2.49. The van der Waals surface area contributed by atoms with Gasteiger partial charge >= 0.3 is 0 Å². The zero-order valence-corrected chi connectivity index (χ0v) is 17.9. The number of imide groups is 1. The number of piperidine rings is 1. The minimum atomic E-state index is -0.931. The first-order valence-corrected chi connectivity index (χ1v) is 10.9. The molecule has 162 valence electrons. The van der Waals surface area contributed by atoms with Gasteiger partial charge in [-0.05, 0) is 68.9 Å². The fourth-order valence-electron chi connectivity index (χ4n) is 4.37. The molecule has 1 aromatic rings. The molecule has 2 aliphatic heterocycles. The highest BCUT2D eigenvalue weighted by molar-refractivity contribution is 6.22. The molecule has 1 fully saturated rings. The van der Waals surface area contributed by atoms with Crippen LogP contribution in [0.5, 0.6) is 0 Å². The minimum absolute atomic E-state index is 0.0785. The van der Waals surface area contributed by atoms with Gasteiger partial charge in [-0.2, -0.15) is 0 Å². The standard InChI is InChI=1S/C23H31N3O4/c1-3-4-11-25-12-9-16(10-13-25)17-5-7-19-20(14-17)23(30)26(22(19)29)18(15-27)6-8-21(28)24-2/h5,7,14-16,18H,3-4,6,8-13H2,1-2H3,(H,24,28). The maximum absolute atomic E-state index is 13.0. The van der Waals surface area contributed by atoms with E-state index < -0.39 is 17.9 Å². The highest BCUT2D eigenvalue weighted by Gasteiger charge is 2.40. The summed E-state index contributed by atoms with van der Waals surface area (Å²) < 4.78 is 0. The summed E-state index contributed by atoms with van der Waals surface area (Å²) in [6, 6.07) is 4.57. The molecule has 0 bridgehead atoms. The molecular formula is C23H31N3O4. The van der Waals surface area contributed by atoms with Crippen molar-refractivity contribution in [1.29, 1.82) is 0 Å². The molecule has 1 saturated heterocycles. The van der Waals surface area contributed by atoms with Gasteiger partial charge in [-0.25, -0.2) is 0 Å². The van der Waals surface area contributed by atoms with Crippen molar-refractivity contribution in [3.63, 3.8) is 0 Å². The predicted octanol–water partition coefficient (Wildman–Crippen LogP) is 2.36. The number of hydrogen-bond acceptors (Lipinski definition) is 5. The molecule has 2 aliphatic rings. The van der Waals surface area contributed by atoms with Crippen LogP contribution < -0.4 is 5.32 Å². The van der Waals surface area contributed by atoms with Crippen LogP contribution in [0.2, 0.25) is 0 Å². The van der Waals surface area contributed by atoms with E-state index in [4.69, 9.17) is 0 Å². The summed E-state index contributed by atoms with van der Waals surface area (Å²) >= 11 is 0. The molecule has 1 N–H and O–H groups in total. The summed E-state index contributed by atoms with van der Waals surface area (Å²) in [6.07, 6.45) is 5.27. The monoisotopic (exact) mass is 413 g/mol. The number of benzene rings is 1. The van der Waals surface area contributed by atoms with Gasteiger partial charge in [0.2, 0.25) is 5.91 Å². The third kappa shape index (κ3) is 4.61. The molecule has 3 amide bonds. The third-order valence-corrected chi connectivity index (χ3v) is 6.26. The number of rotatable bonds is 9. The number of likely N-dealkylation sites (tertiary alicyclic amines) is 1. The van der Waals surface area contributed by atoms with Crippen molar-refractivity contribution in [2.45, 2.75) is 57.4 Å². The zero-order valence-electron chi connectivity index (χ0n) is 17.9. The number of nitrogens with one attached hydrogen (secondary N) is 1. The number of unbranched alkanes of at least 4 members (excludes halogenated alkanes) is 1. The Balaban J connectivity index is 1.71. The second-order valence-electron chi connectivity index (χ2n) is 8.17. The summed E-state index contributed by atoms with van der Waals surface area (Å²) in [5.74, 6) is -0.748. The van der Waals surface area contributed by atoms with Crippen LogP contribution in [0.25, 0.3) is 0 Å². The molecule has 0 spiro atoms. The number of hydrogen-bond donors (Lipinski definition) is 1. The molecule has 0 radical (unpaired) electrons. The van der Waals surface area contributed by atoms with E-state index in [9.17, 15) is 19.2 Å². The Labute approximate surface area is 177 Å². The topological polar surface area (TPSA) is 86.8 Å². The molecule has 7 nitrogen and oxygen atoms in total. The molecule has 0 aliphatic carbocycles. The number of carbonyl (C=O) groups is 4. The molecule has 2 heterocycles. The average Bonchev–Trinajstić information content (AvgIpc) is 3.03. The van der Waals surface area contributed by atoms with Crippen LogP contribution in [0.3, 0.4) is 0 Å². The molecule has 3 rings (SSSR count). The van der Waals surface area contributed by atoms with Crippen LogP contribution in [-0.4, -0.2) is 66.5 Å². The number of nitrogens with zero attached hydrogens (tertiary/aromatic N) is 2. The van der Waals surface area contributed by atoms with Crippen molar-refractivity contribution in [3.05, 3.63) is 34.9 Å². The van der Waals surface area contributed by atoms with Gasteiger partial charge in [-0.3, -0.25) is 19.3 Å². The fourth-order valence-corrected chi connectivity index (χ4v) is 4.37. The number of aldehydes is 1. The molecule has 0 saturated carbocycles. The molecule has 30 heavy (non-hydrogen) atoms. The lowest BCUT2D eigenvalue weighted by molar-refractivity contribution is -0.121. The number of amides is 3. The molecule has 1 unspecified atom stereocenters. The van der Waals surface area contributed by atoms with Gasteiger partial charge in [-0.1, -0.05) is 19.4 Å². The first kappa shape index (κ1) is 22.2. The Morgan fingerprint density at radius 3 is 2.53 bits per heavy atom. The van der Waals surface area contributed by atoms with Crippen LogP contribution in [-0.2, 0) is 9.59 Å². The second-order valence-corrected chi connectivity index (χ2v) is 8.17. The van der Waals surface area contributed by atoms with Gasteiger partial charge in [0, 0.05) is 13.5 Å². The van der Waals surface area contributed by atoms with E-state index in [0.29, 0.717) is 23.3 Å². The maximum Gasteiger partial charge on any atom is 0.262 e. The van der Waals surface area contributed by atoms with E-state index in [1.165, 1.54) is 19.9 Å². The Bertz CT molecular complexity index is 815. The quantitative estimate of drug-likeness (QED) is 0.496. The largest absolute Gasteiger partial charge is 0.359 e. The molecular weight excluding hydrogens is 382 g/mol. The smallest absolute Gasteiger partial charge is 0.262 e. The third-order valence-electron chi connectivity index (χ3n) is 6.26. The molecule has 7 heteroatoms. The van der Waals surface area contributed by atoms with E-state index >= 15 is 0 Å². The van der Waals surface area contributed by atoms with Crippen LogP contribution >= 0.6 is 0 Å². The van der Waals surface area contributed by atoms with Gasteiger partial charge in [0.05, 0.1) is 17.2 Å². The van der Waals surface area contributed by atoms with Crippen LogP contribution in [0.1, 0.15) is 77.6 Å². The lowest BCUT2D eigenvalue weighted by atomic mass is 9.87. The summed E-state index contributed by atoms with van der Waals surface area (Å²) in [5.41, 5.74) is 1.80. The van der Waals surface area contributed by atoms with Crippen molar-refractivity contribution < 1.29 is 19.2 Å². The summed E-state index contributed by atoms with van der Waals surface area (Å²) in [7, 11) is 1.51. The SMILES string of the molecule is CCCCN1CCC(c2ccc3c(c2)C(=O)N(C(C=O)CCC(=O)NC)C3=O)CC1. The van der Waals surface area contributed by atoms with Gasteiger partial charge in [-0.15, -0.1) is 0 Å². The van der Waals surface area contributed by atoms with E-state index in [2.05, 4.69) is 17.1 Å². The number of fused-ring (bicyclic) bond motifs is 1. The summed E-state index contributed by atoms with van der Waals surface area (Å²) in [6.45, 7) is 5.44. The van der Waals surface area contributed by atoms with Crippen LogP contribution in [0, 0.1) is 0 Å². The first-order chi connectivity index (χ1) is 14.5. The molecule has 0 aromatic heterocycles. The van der Waals surface area contributed by atoms with E-state index in [1.807, 2.05) is 12.1 Å². The van der Waals surface area contributed by atoms with Crippen LogP contribution in [0.15, 0.2) is 18.2 Å². The Morgan fingerprint density at radius 2 is 1.90 bits per heavy atom. The Kier molecular flexibility index (Phi) is 7.37. The average molecular weight is 414 g/mol. The fraction of sp³-hybridized carbons (Fsp3) is 0.565. The van der Waals surface area contributed by atoms with E-state index in [0.717, 1.165) is 42.9 Å². The number of carbonyl (C=O) groups excluding carboxylic acids is 4.